The van der Waals surface area contributed by atoms with Crippen molar-refractivity contribution in [2.45, 2.75) is 26.2 Å². The van der Waals surface area contributed by atoms with Gasteiger partial charge in [0.1, 0.15) is 0 Å². The van der Waals surface area contributed by atoms with E-state index in [1.54, 1.807) is 0 Å². The molecule has 3 aromatic carbocycles. The molecule has 0 aliphatic carbocycles. The van der Waals surface area contributed by atoms with Gasteiger partial charge < -0.3 is 11.5 Å². The van der Waals surface area contributed by atoms with Gasteiger partial charge in [0.15, 0.2) is 0 Å². The second-order valence-corrected chi connectivity index (χ2v) is 5.49. The molecule has 0 amide bonds. The molecule has 2 heteroatoms. The maximum Gasteiger partial charge on any atom is 0.0475 e. The van der Waals surface area contributed by atoms with Crippen molar-refractivity contribution in [1.82, 2.24) is 0 Å². The molecule has 0 fully saturated rings. The van der Waals surface area contributed by atoms with E-state index in [4.69, 9.17) is 11.5 Å². The highest BCUT2D eigenvalue weighted by Crippen LogP contribution is 2.37. The van der Waals surface area contributed by atoms with Crippen molar-refractivity contribution in [1.29, 1.82) is 0 Å². The second kappa shape index (κ2) is 4.71. The number of hydrogen-bond acceptors (Lipinski definition) is 2. The summed E-state index contributed by atoms with van der Waals surface area (Å²) in [5.74, 6) is 0.534. The summed E-state index contributed by atoms with van der Waals surface area (Å²) < 4.78 is 0. The number of nitrogen functional groups attached to an aromatic ring is 2. The van der Waals surface area contributed by atoms with Crippen molar-refractivity contribution in [3.8, 4) is 0 Å². The number of hydrogen-bond donors (Lipinski definition) is 2. The van der Waals surface area contributed by atoms with Crippen LogP contribution in [0.25, 0.3) is 21.5 Å². The first-order valence-corrected chi connectivity index (χ1v) is 7.12. The van der Waals surface area contributed by atoms with Gasteiger partial charge in [-0.3, -0.25) is 0 Å². The van der Waals surface area contributed by atoms with E-state index in [9.17, 15) is 0 Å². The maximum absolute atomic E-state index is 6.38. The average Bonchev–Trinajstić information content (AvgIpc) is 2.51. The molecule has 0 heterocycles. The summed E-state index contributed by atoms with van der Waals surface area (Å²) in [5, 5.41) is 4.19. The van der Waals surface area contributed by atoms with Gasteiger partial charge >= 0.3 is 0 Å². The minimum absolute atomic E-state index is 0.534. The van der Waals surface area contributed by atoms with Crippen molar-refractivity contribution in [2.75, 3.05) is 11.5 Å². The monoisotopic (exact) mass is 264 g/mol. The molecule has 0 aliphatic rings. The van der Waals surface area contributed by atoms with Gasteiger partial charge in [0.2, 0.25) is 0 Å². The van der Waals surface area contributed by atoms with Gasteiger partial charge in [-0.05, 0) is 24.0 Å². The molecule has 0 aliphatic heterocycles. The SMILES string of the molecule is CCC(C)c1ccc2c(N)c3ccccc3c(N)c2c1. The third kappa shape index (κ3) is 1.80. The van der Waals surface area contributed by atoms with Crippen LogP contribution in [0.5, 0.6) is 0 Å². The molecule has 0 aromatic heterocycles. The molecule has 0 radical (unpaired) electrons. The Morgan fingerprint density at radius 3 is 2.00 bits per heavy atom. The van der Waals surface area contributed by atoms with Crippen molar-refractivity contribution >= 4 is 32.9 Å². The number of benzene rings is 3. The molecule has 1 atom stereocenters. The predicted molar refractivity (Wildman–Crippen MR) is 89.0 cm³/mol. The Morgan fingerprint density at radius 2 is 1.40 bits per heavy atom. The van der Waals surface area contributed by atoms with Gasteiger partial charge in [-0.2, -0.15) is 0 Å². The highest BCUT2D eigenvalue weighted by molar-refractivity contribution is 6.18. The van der Waals surface area contributed by atoms with Crippen molar-refractivity contribution in [3.63, 3.8) is 0 Å². The minimum Gasteiger partial charge on any atom is -0.398 e. The van der Waals surface area contributed by atoms with Crippen LogP contribution in [0.15, 0.2) is 42.5 Å². The van der Waals surface area contributed by atoms with E-state index in [0.717, 1.165) is 39.3 Å². The minimum atomic E-state index is 0.534. The number of rotatable bonds is 2. The van der Waals surface area contributed by atoms with E-state index >= 15 is 0 Å². The number of anilines is 2. The van der Waals surface area contributed by atoms with Gasteiger partial charge in [-0.1, -0.05) is 50.2 Å². The van der Waals surface area contributed by atoms with Crippen LogP contribution in [0.4, 0.5) is 11.4 Å². The molecule has 3 aromatic rings. The van der Waals surface area contributed by atoms with Crippen LogP contribution in [0, 0.1) is 0 Å². The normalized spacial score (nSPS) is 12.9. The number of fused-ring (bicyclic) bond motifs is 2. The van der Waals surface area contributed by atoms with Crippen LogP contribution in [0.3, 0.4) is 0 Å². The average molecular weight is 264 g/mol. The topological polar surface area (TPSA) is 52.0 Å². The number of nitrogens with two attached hydrogens (primary N) is 2. The zero-order valence-electron chi connectivity index (χ0n) is 12.0. The van der Waals surface area contributed by atoms with Crippen molar-refractivity contribution < 1.29 is 0 Å². The maximum atomic E-state index is 6.38. The van der Waals surface area contributed by atoms with Crippen LogP contribution in [0.1, 0.15) is 31.7 Å². The Bertz CT molecular complexity index is 790. The third-order valence-corrected chi connectivity index (χ3v) is 4.31. The van der Waals surface area contributed by atoms with Crippen LogP contribution in [-0.4, -0.2) is 0 Å². The third-order valence-electron chi connectivity index (χ3n) is 4.31. The molecule has 0 saturated carbocycles. The molecule has 4 N–H and O–H groups in total. The van der Waals surface area contributed by atoms with Crippen molar-refractivity contribution in [3.05, 3.63) is 48.0 Å². The fourth-order valence-electron chi connectivity index (χ4n) is 2.80. The first-order chi connectivity index (χ1) is 9.63. The Kier molecular flexibility index (Phi) is 3.01. The molecule has 20 heavy (non-hydrogen) atoms. The Morgan fingerprint density at radius 1 is 0.850 bits per heavy atom. The van der Waals surface area contributed by atoms with Gasteiger partial charge in [-0.25, -0.2) is 0 Å². The van der Waals surface area contributed by atoms with E-state index in [1.807, 2.05) is 24.3 Å². The zero-order chi connectivity index (χ0) is 14.3. The first kappa shape index (κ1) is 12.8. The fraction of sp³-hybridized carbons (Fsp3) is 0.222. The second-order valence-electron chi connectivity index (χ2n) is 5.49. The lowest BCUT2D eigenvalue weighted by Gasteiger charge is -2.15. The lowest BCUT2D eigenvalue weighted by atomic mass is 9.92. The summed E-state index contributed by atoms with van der Waals surface area (Å²) in [6, 6.07) is 14.5. The summed E-state index contributed by atoms with van der Waals surface area (Å²) in [4.78, 5) is 0. The lowest BCUT2D eigenvalue weighted by molar-refractivity contribution is 0.735. The highest BCUT2D eigenvalue weighted by Gasteiger charge is 2.11. The van der Waals surface area contributed by atoms with Crippen LogP contribution in [0.2, 0.25) is 0 Å². The van der Waals surface area contributed by atoms with E-state index in [-0.39, 0.29) is 0 Å². The Balaban J connectivity index is 2.40. The van der Waals surface area contributed by atoms with Gasteiger partial charge in [0.25, 0.3) is 0 Å². The molecule has 1 unspecified atom stereocenters. The van der Waals surface area contributed by atoms with E-state index < -0.39 is 0 Å². The Labute approximate surface area is 119 Å². The Hall–Kier alpha value is -2.22. The summed E-state index contributed by atoms with van der Waals surface area (Å²) >= 11 is 0. The quantitative estimate of drug-likeness (QED) is 0.401. The van der Waals surface area contributed by atoms with Crippen molar-refractivity contribution in [2.24, 2.45) is 0 Å². The predicted octanol–water partition coefficient (Wildman–Crippen LogP) is 4.67. The summed E-state index contributed by atoms with van der Waals surface area (Å²) in [6.45, 7) is 4.44. The molecule has 0 spiro atoms. The van der Waals surface area contributed by atoms with E-state index in [2.05, 4.69) is 32.0 Å². The summed E-state index contributed by atoms with van der Waals surface area (Å²) in [6.07, 6.45) is 1.12. The molecule has 102 valence electrons. The molecular weight excluding hydrogens is 244 g/mol. The highest BCUT2D eigenvalue weighted by atomic mass is 14.6. The van der Waals surface area contributed by atoms with Gasteiger partial charge in [-0.15, -0.1) is 0 Å². The smallest absolute Gasteiger partial charge is 0.0475 e. The standard InChI is InChI=1S/C18H20N2/c1-3-11(2)12-8-9-15-16(10-12)18(20)14-7-5-4-6-13(14)17(15)19/h4-11H,3,19-20H2,1-2H3. The molecule has 0 bridgehead atoms. The first-order valence-electron chi connectivity index (χ1n) is 7.12. The molecule has 2 nitrogen and oxygen atoms in total. The van der Waals surface area contributed by atoms with E-state index in [0.29, 0.717) is 5.92 Å². The molecular formula is C18H20N2. The lowest BCUT2D eigenvalue weighted by Crippen LogP contribution is -1.98. The fourth-order valence-corrected chi connectivity index (χ4v) is 2.80. The van der Waals surface area contributed by atoms with Gasteiger partial charge in [0.05, 0.1) is 0 Å². The van der Waals surface area contributed by atoms with Crippen LogP contribution < -0.4 is 11.5 Å². The molecule has 0 saturated heterocycles. The van der Waals surface area contributed by atoms with E-state index in [1.165, 1.54) is 5.56 Å². The van der Waals surface area contributed by atoms with Crippen LogP contribution in [-0.2, 0) is 0 Å². The largest absolute Gasteiger partial charge is 0.398 e. The summed E-state index contributed by atoms with van der Waals surface area (Å²) in [5.41, 5.74) is 15.7. The summed E-state index contributed by atoms with van der Waals surface area (Å²) in [7, 11) is 0. The molecule has 3 rings (SSSR count). The van der Waals surface area contributed by atoms with Crippen LogP contribution >= 0.6 is 0 Å². The van der Waals surface area contributed by atoms with Gasteiger partial charge in [0, 0.05) is 32.9 Å². The zero-order valence-corrected chi connectivity index (χ0v) is 12.0.